The van der Waals surface area contributed by atoms with Crippen LogP contribution in [0.2, 0.25) is 0 Å². The van der Waals surface area contributed by atoms with Crippen molar-refractivity contribution in [2.45, 2.75) is 19.4 Å². The van der Waals surface area contributed by atoms with Crippen molar-refractivity contribution in [1.29, 1.82) is 0 Å². The fourth-order valence-corrected chi connectivity index (χ4v) is 4.07. The molecule has 0 aliphatic carbocycles. The quantitative estimate of drug-likeness (QED) is 0.694. The minimum absolute atomic E-state index is 0.105. The van der Waals surface area contributed by atoms with Crippen molar-refractivity contribution >= 4 is 17.4 Å². The highest BCUT2D eigenvalue weighted by Crippen LogP contribution is 2.29. The number of hydrogen-bond donors (Lipinski definition) is 0. The number of nitrogens with zero attached hydrogens (tertiary/aromatic N) is 6. The maximum atomic E-state index is 13.2. The Morgan fingerprint density at radius 3 is 2.70 bits per heavy atom. The molecule has 2 aliphatic rings. The molecule has 2 fully saturated rings. The second-order valence-electron chi connectivity index (χ2n) is 7.26. The molecule has 2 aromatic heterocycles. The average Bonchev–Trinajstić information content (AvgIpc) is 3.23. The SMILES string of the molecule is CC1CC2CN(c3ccc4nnc(-c5ccc(F)cc5)n4n3)CCN2C1=O. The Morgan fingerprint density at radius 2 is 1.89 bits per heavy atom. The van der Waals surface area contributed by atoms with Gasteiger partial charge in [0.05, 0.1) is 6.04 Å². The number of carbonyl (C=O) groups excluding carboxylic acids is 1. The fraction of sp³-hybridized carbons (Fsp3) is 0.368. The third-order valence-electron chi connectivity index (χ3n) is 5.49. The lowest BCUT2D eigenvalue weighted by Gasteiger charge is -2.38. The molecule has 0 bridgehead atoms. The van der Waals surface area contributed by atoms with Gasteiger partial charge in [0.2, 0.25) is 5.91 Å². The Morgan fingerprint density at radius 1 is 1.07 bits per heavy atom. The predicted octanol–water partition coefficient (Wildman–Crippen LogP) is 1.99. The Hall–Kier alpha value is -3.03. The van der Waals surface area contributed by atoms with Crippen molar-refractivity contribution in [2.75, 3.05) is 24.5 Å². The fourth-order valence-electron chi connectivity index (χ4n) is 4.07. The molecule has 3 aromatic rings. The van der Waals surface area contributed by atoms with Crippen LogP contribution in [-0.2, 0) is 4.79 Å². The van der Waals surface area contributed by atoms with Gasteiger partial charge in [-0.1, -0.05) is 6.92 Å². The van der Waals surface area contributed by atoms with Crippen LogP contribution in [-0.4, -0.2) is 56.3 Å². The molecule has 2 unspecified atom stereocenters. The van der Waals surface area contributed by atoms with Crippen LogP contribution in [0.3, 0.4) is 0 Å². The number of hydrogen-bond acceptors (Lipinski definition) is 5. The molecule has 138 valence electrons. The standard InChI is InChI=1S/C19H19FN6O/c1-12-10-15-11-24(8-9-25(15)19(12)27)17-7-6-16-21-22-18(26(16)23-17)13-2-4-14(20)5-3-13/h2-7,12,15H,8-11H2,1H3. The zero-order valence-corrected chi connectivity index (χ0v) is 14.9. The van der Waals surface area contributed by atoms with Crippen LogP contribution in [0.1, 0.15) is 13.3 Å². The first-order valence-electron chi connectivity index (χ1n) is 9.14. The Bertz CT molecular complexity index is 1020. The Labute approximate surface area is 155 Å². The van der Waals surface area contributed by atoms with Crippen molar-refractivity contribution < 1.29 is 9.18 Å². The van der Waals surface area contributed by atoms with E-state index in [4.69, 9.17) is 5.10 Å². The molecule has 0 N–H and O–H groups in total. The average molecular weight is 366 g/mol. The van der Waals surface area contributed by atoms with Gasteiger partial charge in [0, 0.05) is 31.1 Å². The highest BCUT2D eigenvalue weighted by atomic mass is 19.1. The number of rotatable bonds is 2. The number of piperazine rings is 1. The van der Waals surface area contributed by atoms with E-state index in [1.165, 1.54) is 12.1 Å². The molecular formula is C19H19FN6O. The summed E-state index contributed by atoms with van der Waals surface area (Å²) in [4.78, 5) is 16.4. The molecule has 8 heteroatoms. The number of aromatic nitrogens is 4. The summed E-state index contributed by atoms with van der Waals surface area (Å²) < 4.78 is 14.9. The maximum absolute atomic E-state index is 13.2. The van der Waals surface area contributed by atoms with E-state index in [0.29, 0.717) is 11.5 Å². The van der Waals surface area contributed by atoms with Crippen LogP contribution >= 0.6 is 0 Å². The van der Waals surface area contributed by atoms with Crippen molar-refractivity contribution in [3.63, 3.8) is 0 Å². The molecule has 4 heterocycles. The lowest BCUT2D eigenvalue weighted by Crippen LogP contribution is -2.51. The Balaban J connectivity index is 1.47. The smallest absolute Gasteiger partial charge is 0.225 e. The minimum Gasteiger partial charge on any atom is -0.351 e. The van der Waals surface area contributed by atoms with Gasteiger partial charge >= 0.3 is 0 Å². The second-order valence-corrected chi connectivity index (χ2v) is 7.26. The largest absolute Gasteiger partial charge is 0.351 e. The van der Waals surface area contributed by atoms with Gasteiger partial charge < -0.3 is 9.80 Å². The molecule has 1 amide bonds. The molecular weight excluding hydrogens is 347 g/mol. The van der Waals surface area contributed by atoms with Crippen LogP contribution < -0.4 is 4.90 Å². The number of anilines is 1. The third-order valence-corrected chi connectivity index (χ3v) is 5.49. The number of carbonyl (C=O) groups is 1. The molecule has 0 saturated carbocycles. The third kappa shape index (κ3) is 2.63. The summed E-state index contributed by atoms with van der Waals surface area (Å²) in [6.45, 7) is 4.26. The van der Waals surface area contributed by atoms with Gasteiger partial charge in [-0.15, -0.1) is 15.3 Å². The lowest BCUT2D eigenvalue weighted by atomic mass is 10.1. The number of benzene rings is 1. The van der Waals surface area contributed by atoms with Crippen LogP contribution in [0, 0.1) is 11.7 Å². The first kappa shape index (κ1) is 16.2. The summed E-state index contributed by atoms with van der Waals surface area (Å²) in [6, 6.07) is 10.2. The first-order chi connectivity index (χ1) is 13.1. The first-order valence-corrected chi connectivity index (χ1v) is 9.14. The van der Waals surface area contributed by atoms with E-state index >= 15 is 0 Å². The topological polar surface area (TPSA) is 66.6 Å². The molecule has 2 saturated heterocycles. The predicted molar refractivity (Wildman–Crippen MR) is 97.7 cm³/mol. The van der Waals surface area contributed by atoms with E-state index < -0.39 is 0 Å². The second kappa shape index (κ2) is 6.00. The van der Waals surface area contributed by atoms with Crippen molar-refractivity contribution in [1.82, 2.24) is 24.7 Å². The maximum Gasteiger partial charge on any atom is 0.225 e. The van der Waals surface area contributed by atoms with Crippen LogP contribution in [0.15, 0.2) is 36.4 Å². The van der Waals surface area contributed by atoms with E-state index in [1.807, 2.05) is 24.0 Å². The summed E-state index contributed by atoms with van der Waals surface area (Å²) in [5.41, 5.74) is 1.40. The molecule has 0 radical (unpaired) electrons. The zero-order chi connectivity index (χ0) is 18.5. The highest BCUT2D eigenvalue weighted by Gasteiger charge is 2.40. The van der Waals surface area contributed by atoms with Gasteiger partial charge in [-0.05, 0) is 42.8 Å². The van der Waals surface area contributed by atoms with E-state index in [-0.39, 0.29) is 23.7 Å². The lowest BCUT2D eigenvalue weighted by molar-refractivity contribution is -0.131. The van der Waals surface area contributed by atoms with Crippen LogP contribution in [0.5, 0.6) is 0 Å². The molecule has 7 nitrogen and oxygen atoms in total. The summed E-state index contributed by atoms with van der Waals surface area (Å²) in [5, 5.41) is 13.1. The van der Waals surface area contributed by atoms with Gasteiger partial charge in [-0.25, -0.2) is 4.39 Å². The number of amides is 1. The minimum atomic E-state index is -0.292. The normalized spacial score (nSPS) is 22.5. The molecule has 2 atom stereocenters. The zero-order valence-electron chi connectivity index (χ0n) is 14.9. The van der Waals surface area contributed by atoms with Crippen molar-refractivity contribution in [3.8, 4) is 11.4 Å². The number of halogens is 1. The Kier molecular flexibility index (Phi) is 3.60. The van der Waals surface area contributed by atoms with E-state index in [1.54, 1.807) is 16.6 Å². The van der Waals surface area contributed by atoms with E-state index in [0.717, 1.165) is 37.4 Å². The highest BCUT2D eigenvalue weighted by molar-refractivity contribution is 5.81. The molecule has 2 aliphatic heterocycles. The molecule has 27 heavy (non-hydrogen) atoms. The van der Waals surface area contributed by atoms with Gasteiger partial charge in [-0.2, -0.15) is 4.52 Å². The summed E-state index contributed by atoms with van der Waals surface area (Å²) in [6.07, 6.45) is 0.894. The summed E-state index contributed by atoms with van der Waals surface area (Å²) in [7, 11) is 0. The summed E-state index contributed by atoms with van der Waals surface area (Å²) in [5.74, 6) is 1.49. The van der Waals surface area contributed by atoms with Crippen LogP contribution in [0.4, 0.5) is 10.2 Å². The summed E-state index contributed by atoms with van der Waals surface area (Å²) >= 11 is 0. The van der Waals surface area contributed by atoms with Gasteiger partial charge in [0.25, 0.3) is 0 Å². The number of fused-ring (bicyclic) bond motifs is 2. The van der Waals surface area contributed by atoms with Gasteiger partial charge in [0.15, 0.2) is 11.5 Å². The molecule has 0 spiro atoms. The van der Waals surface area contributed by atoms with Crippen molar-refractivity contribution in [3.05, 3.63) is 42.2 Å². The van der Waals surface area contributed by atoms with Crippen LogP contribution in [0.25, 0.3) is 17.0 Å². The van der Waals surface area contributed by atoms with Gasteiger partial charge in [-0.3, -0.25) is 4.79 Å². The molecule has 5 rings (SSSR count). The van der Waals surface area contributed by atoms with Gasteiger partial charge in [0.1, 0.15) is 11.6 Å². The van der Waals surface area contributed by atoms with Crippen molar-refractivity contribution in [2.24, 2.45) is 5.92 Å². The molecule has 1 aromatic carbocycles. The van der Waals surface area contributed by atoms with E-state index in [9.17, 15) is 9.18 Å². The monoisotopic (exact) mass is 366 g/mol. The van der Waals surface area contributed by atoms with E-state index in [2.05, 4.69) is 15.1 Å².